The molecule has 0 unspecified atom stereocenters. The predicted octanol–water partition coefficient (Wildman–Crippen LogP) is 5.23. The smallest absolute Gasteiger partial charge is 0.0424 e. The van der Waals surface area contributed by atoms with Gasteiger partial charge in [0.1, 0.15) is 0 Å². The van der Waals surface area contributed by atoms with Gasteiger partial charge in [-0.15, -0.1) is 11.3 Å². The van der Waals surface area contributed by atoms with E-state index in [-0.39, 0.29) is 0 Å². The van der Waals surface area contributed by atoms with E-state index >= 15 is 0 Å². The molecule has 0 saturated carbocycles. The van der Waals surface area contributed by atoms with Crippen LogP contribution in [0.4, 0.5) is 0 Å². The summed E-state index contributed by atoms with van der Waals surface area (Å²) in [6.07, 6.45) is 1.12. The second kappa shape index (κ2) is 3.85. The lowest BCUT2D eigenvalue weighted by atomic mass is 10.00. The molecule has 0 amide bonds. The molecule has 0 saturated heterocycles. The van der Waals surface area contributed by atoms with Crippen molar-refractivity contribution < 1.29 is 0 Å². The number of aryl methyl sites for hydroxylation is 3. The molecule has 17 heavy (non-hydrogen) atoms. The van der Waals surface area contributed by atoms with Gasteiger partial charge in [-0.3, -0.25) is 0 Å². The molecule has 0 fully saturated rings. The van der Waals surface area contributed by atoms with E-state index in [9.17, 15) is 0 Å². The summed E-state index contributed by atoms with van der Waals surface area (Å²) >= 11 is 1.89. The zero-order chi connectivity index (χ0) is 12.0. The van der Waals surface area contributed by atoms with Gasteiger partial charge in [0.2, 0.25) is 0 Å². The van der Waals surface area contributed by atoms with Gasteiger partial charge in [-0.2, -0.15) is 0 Å². The molecule has 0 aliphatic carbocycles. The highest BCUT2D eigenvalue weighted by Gasteiger charge is 2.08. The van der Waals surface area contributed by atoms with Crippen LogP contribution in [0.25, 0.3) is 20.9 Å². The van der Waals surface area contributed by atoms with Crippen molar-refractivity contribution in [1.82, 2.24) is 0 Å². The van der Waals surface area contributed by atoms with Crippen LogP contribution in [0.3, 0.4) is 0 Å². The third kappa shape index (κ3) is 1.57. The van der Waals surface area contributed by atoms with Crippen LogP contribution in [0.1, 0.15) is 23.6 Å². The fourth-order valence-electron chi connectivity index (χ4n) is 2.62. The Kier molecular flexibility index (Phi) is 2.44. The van der Waals surface area contributed by atoms with Crippen LogP contribution in [0.5, 0.6) is 0 Å². The van der Waals surface area contributed by atoms with Gasteiger partial charge in [0.25, 0.3) is 0 Å². The van der Waals surface area contributed by atoms with Crippen LogP contribution in [0.15, 0.2) is 29.6 Å². The summed E-state index contributed by atoms with van der Waals surface area (Å²) in [5.74, 6) is 0. The molecule has 0 spiro atoms. The molecule has 3 aromatic rings. The zero-order valence-corrected chi connectivity index (χ0v) is 11.3. The zero-order valence-electron chi connectivity index (χ0n) is 10.5. The summed E-state index contributed by atoms with van der Waals surface area (Å²) in [5, 5.41) is 6.56. The Morgan fingerprint density at radius 2 is 1.76 bits per heavy atom. The van der Waals surface area contributed by atoms with E-state index in [1.165, 1.54) is 37.5 Å². The number of rotatable bonds is 1. The van der Waals surface area contributed by atoms with Crippen molar-refractivity contribution in [3.8, 4) is 0 Å². The van der Waals surface area contributed by atoms with Gasteiger partial charge in [0.05, 0.1) is 0 Å². The predicted molar refractivity (Wildman–Crippen MR) is 78.2 cm³/mol. The van der Waals surface area contributed by atoms with Crippen LogP contribution in [-0.4, -0.2) is 0 Å². The number of thiophene rings is 1. The summed E-state index contributed by atoms with van der Waals surface area (Å²) in [7, 11) is 0. The maximum absolute atomic E-state index is 2.32. The van der Waals surface area contributed by atoms with Gasteiger partial charge in [-0.1, -0.05) is 30.7 Å². The van der Waals surface area contributed by atoms with Crippen molar-refractivity contribution >= 4 is 32.2 Å². The molecule has 0 nitrogen and oxygen atoms in total. The van der Waals surface area contributed by atoms with E-state index in [4.69, 9.17) is 0 Å². The first kappa shape index (κ1) is 10.8. The molecular formula is C16H16S. The fraction of sp³-hybridized carbons (Fsp3) is 0.250. The molecule has 2 aromatic carbocycles. The standard InChI is InChI=1S/C16H16S/c1-4-12-9-17-16-14(12)6-5-13-11(3)7-10(2)8-15(13)16/h5-9H,4H2,1-3H3. The second-order valence-electron chi connectivity index (χ2n) is 4.73. The van der Waals surface area contributed by atoms with Gasteiger partial charge in [-0.25, -0.2) is 0 Å². The summed E-state index contributed by atoms with van der Waals surface area (Å²) in [4.78, 5) is 0. The van der Waals surface area contributed by atoms with Crippen molar-refractivity contribution in [3.63, 3.8) is 0 Å². The van der Waals surface area contributed by atoms with Crippen LogP contribution in [0.2, 0.25) is 0 Å². The Morgan fingerprint density at radius 3 is 2.53 bits per heavy atom. The topological polar surface area (TPSA) is 0 Å². The summed E-state index contributed by atoms with van der Waals surface area (Å²) in [6, 6.07) is 9.15. The largest absolute Gasteiger partial charge is 0.143 e. The van der Waals surface area contributed by atoms with Crippen LogP contribution in [0, 0.1) is 13.8 Å². The summed E-state index contributed by atoms with van der Waals surface area (Å²) in [6.45, 7) is 6.61. The maximum atomic E-state index is 2.32. The minimum Gasteiger partial charge on any atom is -0.143 e. The normalized spacial score (nSPS) is 11.5. The molecular weight excluding hydrogens is 224 g/mol. The average molecular weight is 240 g/mol. The Morgan fingerprint density at radius 1 is 1.00 bits per heavy atom. The molecule has 0 aliphatic heterocycles. The number of fused-ring (bicyclic) bond motifs is 3. The molecule has 1 heteroatoms. The minimum absolute atomic E-state index is 1.12. The third-order valence-corrected chi connectivity index (χ3v) is 4.56. The Balaban J connectivity index is 2.51. The molecule has 0 aliphatic rings. The molecule has 0 N–H and O–H groups in total. The minimum atomic E-state index is 1.12. The molecule has 0 atom stereocenters. The molecule has 0 radical (unpaired) electrons. The van der Waals surface area contributed by atoms with Crippen LogP contribution >= 0.6 is 11.3 Å². The van der Waals surface area contributed by atoms with E-state index in [0.29, 0.717) is 0 Å². The molecule has 1 heterocycles. The van der Waals surface area contributed by atoms with E-state index < -0.39 is 0 Å². The lowest BCUT2D eigenvalue weighted by Gasteiger charge is -2.06. The molecule has 3 rings (SSSR count). The van der Waals surface area contributed by atoms with Crippen molar-refractivity contribution in [2.75, 3.05) is 0 Å². The molecule has 1 aromatic heterocycles. The fourth-order valence-corrected chi connectivity index (χ4v) is 3.80. The first-order valence-electron chi connectivity index (χ1n) is 6.10. The number of hydrogen-bond acceptors (Lipinski definition) is 1. The lowest BCUT2D eigenvalue weighted by Crippen LogP contribution is -1.83. The van der Waals surface area contributed by atoms with Gasteiger partial charge in [0.15, 0.2) is 0 Å². The van der Waals surface area contributed by atoms with Crippen molar-refractivity contribution in [2.24, 2.45) is 0 Å². The average Bonchev–Trinajstić information content (AvgIpc) is 2.71. The van der Waals surface area contributed by atoms with E-state index in [1.54, 1.807) is 0 Å². The van der Waals surface area contributed by atoms with Crippen molar-refractivity contribution in [2.45, 2.75) is 27.2 Å². The second-order valence-corrected chi connectivity index (χ2v) is 5.61. The van der Waals surface area contributed by atoms with Gasteiger partial charge in [0, 0.05) is 10.1 Å². The Labute approximate surface area is 106 Å². The molecule has 0 bridgehead atoms. The van der Waals surface area contributed by atoms with Crippen LogP contribution in [-0.2, 0) is 6.42 Å². The highest BCUT2D eigenvalue weighted by Crippen LogP contribution is 2.34. The molecule has 86 valence electrons. The first-order chi connectivity index (χ1) is 8.20. The van der Waals surface area contributed by atoms with Gasteiger partial charge in [-0.05, 0) is 53.6 Å². The lowest BCUT2D eigenvalue weighted by molar-refractivity contribution is 1.17. The van der Waals surface area contributed by atoms with E-state index in [2.05, 4.69) is 50.4 Å². The SMILES string of the molecule is CCc1csc2c1ccc1c(C)cc(C)cc12. The Bertz CT molecular complexity index is 704. The Hall–Kier alpha value is -1.34. The summed E-state index contributed by atoms with van der Waals surface area (Å²) in [5.41, 5.74) is 4.22. The van der Waals surface area contributed by atoms with Crippen LogP contribution < -0.4 is 0 Å². The maximum Gasteiger partial charge on any atom is 0.0424 e. The highest BCUT2D eigenvalue weighted by atomic mass is 32.1. The quantitative estimate of drug-likeness (QED) is 0.546. The first-order valence-corrected chi connectivity index (χ1v) is 6.98. The third-order valence-electron chi connectivity index (χ3n) is 3.48. The van der Waals surface area contributed by atoms with Crippen molar-refractivity contribution in [1.29, 1.82) is 0 Å². The number of hydrogen-bond donors (Lipinski definition) is 0. The van der Waals surface area contributed by atoms with Gasteiger partial charge < -0.3 is 0 Å². The van der Waals surface area contributed by atoms with E-state index in [0.717, 1.165) is 6.42 Å². The van der Waals surface area contributed by atoms with Crippen molar-refractivity contribution in [3.05, 3.63) is 46.3 Å². The van der Waals surface area contributed by atoms with Gasteiger partial charge >= 0.3 is 0 Å². The monoisotopic (exact) mass is 240 g/mol. The summed E-state index contributed by atoms with van der Waals surface area (Å²) < 4.78 is 1.45. The highest BCUT2D eigenvalue weighted by molar-refractivity contribution is 7.18. The van der Waals surface area contributed by atoms with E-state index in [1.807, 2.05) is 11.3 Å². The number of benzene rings is 2.